The molecule has 146 valence electrons. The molecule has 4 aromatic rings. The van der Waals surface area contributed by atoms with Crippen LogP contribution in [0.4, 0.5) is 0 Å². The largest absolute Gasteiger partial charge is 0.484 e. The van der Waals surface area contributed by atoms with Crippen LogP contribution < -0.4 is 4.74 Å². The minimum absolute atomic E-state index is 0.0789. The van der Waals surface area contributed by atoms with Crippen molar-refractivity contribution < 1.29 is 23.2 Å². The summed E-state index contributed by atoms with van der Waals surface area (Å²) in [5, 5.41) is 12.3. The third-order valence-corrected chi connectivity index (χ3v) is 4.23. The minimum atomic E-state index is -0.406. The van der Waals surface area contributed by atoms with E-state index in [-0.39, 0.29) is 6.61 Å². The van der Waals surface area contributed by atoms with Gasteiger partial charge in [0.2, 0.25) is 0 Å². The number of hydrogen-bond donors (Lipinski definition) is 0. The van der Waals surface area contributed by atoms with E-state index in [0.717, 1.165) is 5.56 Å². The van der Waals surface area contributed by atoms with Crippen molar-refractivity contribution in [1.29, 1.82) is 0 Å². The zero-order valence-electron chi connectivity index (χ0n) is 15.8. The van der Waals surface area contributed by atoms with E-state index in [4.69, 9.17) is 13.7 Å². The Morgan fingerprint density at radius 1 is 1.03 bits per heavy atom. The van der Waals surface area contributed by atoms with Crippen molar-refractivity contribution in [2.75, 3.05) is 7.11 Å². The van der Waals surface area contributed by atoms with Gasteiger partial charge in [0.1, 0.15) is 22.8 Å². The molecule has 0 N–H and O–H groups in total. The highest BCUT2D eigenvalue weighted by Gasteiger charge is 2.22. The molecule has 0 fully saturated rings. The van der Waals surface area contributed by atoms with Gasteiger partial charge in [-0.3, -0.25) is 0 Å². The molecular formula is C21H17N3O5. The predicted octanol–water partition coefficient (Wildman–Crippen LogP) is 4.07. The molecule has 0 atom stereocenters. The molecule has 0 saturated heterocycles. The van der Waals surface area contributed by atoms with E-state index in [2.05, 4.69) is 20.1 Å². The lowest BCUT2D eigenvalue weighted by Crippen LogP contribution is -2.01. The number of aromatic nitrogens is 3. The van der Waals surface area contributed by atoms with Crippen LogP contribution in [0.15, 0.2) is 63.5 Å². The van der Waals surface area contributed by atoms with Crippen molar-refractivity contribution in [2.24, 2.45) is 0 Å². The molecule has 2 aromatic heterocycles. The average Bonchev–Trinajstić information content (AvgIpc) is 3.39. The lowest BCUT2D eigenvalue weighted by atomic mass is 10.1. The second kappa shape index (κ2) is 7.97. The summed E-state index contributed by atoms with van der Waals surface area (Å²) in [6.07, 6.45) is 0. The van der Waals surface area contributed by atoms with E-state index >= 15 is 0 Å². The van der Waals surface area contributed by atoms with Crippen LogP contribution in [-0.4, -0.2) is 28.4 Å². The highest BCUT2D eigenvalue weighted by atomic mass is 16.5. The second-order valence-corrected chi connectivity index (χ2v) is 6.13. The normalized spacial score (nSPS) is 10.7. The number of hydrogen-bond acceptors (Lipinski definition) is 8. The van der Waals surface area contributed by atoms with Gasteiger partial charge in [-0.2, -0.15) is 0 Å². The molecule has 0 spiro atoms. The van der Waals surface area contributed by atoms with Gasteiger partial charge in [0, 0.05) is 5.56 Å². The van der Waals surface area contributed by atoms with Gasteiger partial charge in [0.05, 0.1) is 12.7 Å². The summed E-state index contributed by atoms with van der Waals surface area (Å²) in [5.41, 5.74) is 2.62. The molecule has 2 heterocycles. The van der Waals surface area contributed by atoms with Gasteiger partial charge in [-0.05, 0) is 31.2 Å². The number of carbonyl (C=O) groups is 1. The molecule has 0 amide bonds. The third-order valence-electron chi connectivity index (χ3n) is 4.23. The van der Waals surface area contributed by atoms with Gasteiger partial charge in [-0.15, -0.1) is 10.2 Å². The molecule has 8 nitrogen and oxygen atoms in total. The fourth-order valence-corrected chi connectivity index (χ4v) is 2.78. The molecule has 0 bridgehead atoms. The van der Waals surface area contributed by atoms with Crippen LogP contribution in [-0.2, 0) is 11.3 Å². The van der Waals surface area contributed by atoms with E-state index in [1.165, 1.54) is 7.11 Å². The maximum absolute atomic E-state index is 11.5. The Kier molecular flexibility index (Phi) is 5.07. The second-order valence-electron chi connectivity index (χ2n) is 6.13. The molecule has 0 aliphatic rings. The molecule has 2 aromatic carbocycles. The molecule has 8 heteroatoms. The van der Waals surface area contributed by atoms with Crippen molar-refractivity contribution in [1.82, 2.24) is 15.4 Å². The Morgan fingerprint density at radius 3 is 2.52 bits per heavy atom. The van der Waals surface area contributed by atoms with Crippen molar-refractivity contribution in [2.45, 2.75) is 13.5 Å². The Labute approximate surface area is 166 Å². The zero-order chi connectivity index (χ0) is 20.2. The average molecular weight is 391 g/mol. The Hall–Kier alpha value is -3.94. The van der Waals surface area contributed by atoms with Crippen LogP contribution in [0.3, 0.4) is 0 Å². The summed E-state index contributed by atoms with van der Waals surface area (Å²) in [7, 11) is 1.33. The Morgan fingerprint density at radius 2 is 1.79 bits per heavy atom. The predicted molar refractivity (Wildman–Crippen MR) is 102 cm³/mol. The molecule has 4 rings (SSSR count). The zero-order valence-corrected chi connectivity index (χ0v) is 15.8. The van der Waals surface area contributed by atoms with Crippen LogP contribution in [0.25, 0.3) is 22.7 Å². The number of nitrogens with zero attached hydrogens (tertiary/aromatic N) is 3. The molecule has 0 aliphatic carbocycles. The molecule has 0 unspecified atom stereocenters. The summed E-state index contributed by atoms with van der Waals surface area (Å²) < 4.78 is 21.4. The van der Waals surface area contributed by atoms with Gasteiger partial charge in [0.15, 0.2) is 6.61 Å². The molecule has 29 heavy (non-hydrogen) atoms. The quantitative estimate of drug-likeness (QED) is 0.454. The number of aryl methyl sites for hydroxylation is 1. The van der Waals surface area contributed by atoms with E-state index < -0.39 is 5.97 Å². The number of rotatable bonds is 6. The van der Waals surface area contributed by atoms with Crippen LogP contribution >= 0.6 is 0 Å². The lowest BCUT2D eigenvalue weighted by Gasteiger charge is -2.04. The molecule has 0 aliphatic heterocycles. The minimum Gasteiger partial charge on any atom is -0.484 e. The molecule has 0 radical (unpaired) electrons. The van der Waals surface area contributed by atoms with Crippen LogP contribution in [0.5, 0.6) is 5.75 Å². The number of ether oxygens (including phenoxy) is 2. The summed E-state index contributed by atoms with van der Waals surface area (Å²) >= 11 is 0. The maximum Gasteiger partial charge on any atom is 0.337 e. The summed E-state index contributed by atoms with van der Waals surface area (Å²) in [6.45, 7) is 1.87. The first-order chi connectivity index (χ1) is 14.2. The lowest BCUT2D eigenvalue weighted by molar-refractivity contribution is 0.0600. The highest BCUT2D eigenvalue weighted by molar-refractivity contribution is 5.89. The fraction of sp³-hybridized carbons (Fsp3) is 0.143. The number of esters is 1. The van der Waals surface area contributed by atoms with Gasteiger partial charge in [-0.1, -0.05) is 35.5 Å². The van der Waals surface area contributed by atoms with Gasteiger partial charge in [0.25, 0.3) is 11.8 Å². The van der Waals surface area contributed by atoms with E-state index in [0.29, 0.717) is 40.1 Å². The Bertz CT molecular complexity index is 1120. The summed E-state index contributed by atoms with van der Waals surface area (Å²) in [6, 6.07) is 16.2. The van der Waals surface area contributed by atoms with Crippen LogP contribution in [0.1, 0.15) is 22.0 Å². The number of benzene rings is 2. The monoisotopic (exact) mass is 391 g/mol. The van der Waals surface area contributed by atoms with E-state index in [9.17, 15) is 4.79 Å². The highest BCUT2D eigenvalue weighted by Crippen LogP contribution is 2.33. The summed E-state index contributed by atoms with van der Waals surface area (Å²) in [4.78, 5) is 11.5. The van der Waals surface area contributed by atoms with Gasteiger partial charge < -0.3 is 18.4 Å². The smallest absolute Gasteiger partial charge is 0.337 e. The van der Waals surface area contributed by atoms with Crippen molar-refractivity contribution in [3.63, 3.8) is 0 Å². The van der Waals surface area contributed by atoms with E-state index in [1.807, 2.05) is 30.3 Å². The van der Waals surface area contributed by atoms with Crippen molar-refractivity contribution >= 4 is 5.97 Å². The first-order valence-electron chi connectivity index (χ1n) is 8.81. The summed E-state index contributed by atoms with van der Waals surface area (Å²) in [5.74, 6) is 1.34. The first-order valence-corrected chi connectivity index (χ1v) is 8.81. The van der Waals surface area contributed by atoms with Gasteiger partial charge >= 0.3 is 5.97 Å². The standard InChI is InChI=1S/C21H17N3O5/c1-13-18(19(24-29-13)14-6-4-3-5-7-14)20-23-22-17(28-20)12-27-16-10-8-15(9-11-16)21(25)26-2/h3-11H,12H2,1-2H3. The van der Waals surface area contributed by atoms with Crippen LogP contribution in [0.2, 0.25) is 0 Å². The van der Waals surface area contributed by atoms with Crippen molar-refractivity contribution in [3.8, 4) is 28.5 Å². The number of methoxy groups -OCH3 is 1. The van der Waals surface area contributed by atoms with Crippen molar-refractivity contribution in [3.05, 3.63) is 71.8 Å². The first kappa shape index (κ1) is 18.4. The Balaban J connectivity index is 1.50. The van der Waals surface area contributed by atoms with Crippen LogP contribution in [0, 0.1) is 6.92 Å². The van der Waals surface area contributed by atoms with Gasteiger partial charge in [-0.25, -0.2) is 4.79 Å². The maximum atomic E-state index is 11.5. The molecule has 0 saturated carbocycles. The topological polar surface area (TPSA) is 100 Å². The number of carbonyl (C=O) groups excluding carboxylic acids is 1. The third kappa shape index (κ3) is 3.86. The SMILES string of the molecule is COC(=O)c1ccc(OCc2nnc(-c3c(-c4ccccc4)noc3C)o2)cc1. The molecular weight excluding hydrogens is 374 g/mol. The van der Waals surface area contributed by atoms with E-state index in [1.54, 1.807) is 31.2 Å². The fourth-order valence-electron chi connectivity index (χ4n) is 2.78.